The Hall–Kier alpha value is -0.610. The number of morpholine rings is 1. The molecule has 0 spiro atoms. The van der Waals surface area contributed by atoms with Crippen LogP contribution >= 0.6 is 0 Å². The molecule has 0 aromatic heterocycles. The second kappa shape index (κ2) is 5.17. The summed E-state index contributed by atoms with van der Waals surface area (Å²) in [4.78, 5) is 14.6. The Morgan fingerprint density at radius 3 is 2.50 bits per heavy atom. The highest BCUT2D eigenvalue weighted by Crippen LogP contribution is 2.45. The number of carbonyl (C=O) groups is 1. The van der Waals surface area contributed by atoms with Crippen LogP contribution in [0.2, 0.25) is 0 Å². The van der Waals surface area contributed by atoms with E-state index in [9.17, 15) is 4.79 Å². The van der Waals surface area contributed by atoms with Gasteiger partial charge in [-0.05, 0) is 24.2 Å². The predicted molar refractivity (Wildman–Crippen MR) is 71.0 cm³/mol. The third kappa shape index (κ3) is 2.41. The van der Waals surface area contributed by atoms with Crippen molar-refractivity contribution in [2.75, 3.05) is 26.3 Å². The third-order valence-electron chi connectivity index (χ3n) is 5.12. The van der Waals surface area contributed by atoms with Gasteiger partial charge in [-0.15, -0.1) is 0 Å². The smallest absolute Gasteiger partial charge is 0.226 e. The van der Waals surface area contributed by atoms with Gasteiger partial charge < -0.3 is 15.4 Å². The summed E-state index contributed by atoms with van der Waals surface area (Å²) in [5.41, 5.74) is 6.14. The predicted octanol–water partition coefficient (Wildman–Crippen LogP) is 1.24. The van der Waals surface area contributed by atoms with Crippen LogP contribution in [0.15, 0.2) is 0 Å². The van der Waals surface area contributed by atoms with Gasteiger partial charge in [-0.2, -0.15) is 0 Å². The van der Waals surface area contributed by atoms with E-state index in [0.29, 0.717) is 25.0 Å². The first kappa shape index (κ1) is 13.8. The molecule has 1 amide bonds. The Bertz CT molecular complexity index is 311. The van der Waals surface area contributed by atoms with Gasteiger partial charge in [-0.1, -0.05) is 20.8 Å². The van der Waals surface area contributed by atoms with Crippen LogP contribution in [0.25, 0.3) is 0 Å². The number of hydrogen-bond donors (Lipinski definition) is 1. The van der Waals surface area contributed by atoms with E-state index in [0.717, 1.165) is 25.9 Å². The minimum atomic E-state index is -0.00689. The second-order valence-electron chi connectivity index (χ2n) is 6.34. The number of carbonyl (C=O) groups excluding carboxylic acids is 1. The summed E-state index contributed by atoms with van der Waals surface area (Å²) in [7, 11) is 0. The molecule has 0 aromatic carbocycles. The fourth-order valence-corrected chi connectivity index (χ4v) is 3.30. The molecule has 18 heavy (non-hydrogen) atoms. The van der Waals surface area contributed by atoms with E-state index in [1.807, 2.05) is 4.90 Å². The number of amides is 1. The van der Waals surface area contributed by atoms with Crippen molar-refractivity contribution in [3.8, 4) is 0 Å². The van der Waals surface area contributed by atoms with Gasteiger partial charge in [-0.25, -0.2) is 0 Å². The van der Waals surface area contributed by atoms with Gasteiger partial charge in [0.25, 0.3) is 0 Å². The molecule has 1 heterocycles. The number of nitrogens with two attached hydrogens (primary N) is 1. The molecule has 0 aromatic rings. The van der Waals surface area contributed by atoms with E-state index >= 15 is 0 Å². The largest absolute Gasteiger partial charge is 0.378 e. The van der Waals surface area contributed by atoms with Gasteiger partial charge in [-0.3, -0.25) is 4.79 Å². The maximum absolute atomic E-state index is 12.7. The first-order valence-electron chi connectivity index (χ1n) is 7.06. The van der Waals surface area contributed by atoms with Gasteiger partial charge in [0.05, 0.1) is 13.2 Å². The van der Waals surface area contributed by atoms with E-state index in [1.165, 1.54) is 0 Å². The molecule has 2 rings (SSSR count). The van der Waals surface area contributed by atoms with Crippen LogP contribution in [0, 0.1) is 17.3 Å². The van der Waals surface area contributed by atoms with Crippen LogP contribution in [0.1, 0.15) is 33.6 Å². The third-order valence-corrected chi connectivity index (χ3v) is 5.12. The number of rotatable bonds is 1. The number of ether oxygens (including phenoxy) is 1. The highest BCUT2D eigenvalue weighted by molar-refractivity contribution is 5.80. The SMILES string of the molecule is CC1C(N)CCC(C(=O)N2CCOCC2)C1(C)C. The topological polar surface area (TPSA) is 55.6 Å². The Labute approximate surface area is 110 Å². The summed E-state index contributed by atoms with van der Waals surface area (Å²) in [6.07, 6.45) is 1.89. The van der Waals surface area contributed by atoms with Crippen molar-refractivity contribution in [1.29, 1.82) is 0 Å². The zero-order chi connectivity index (χ0) is 13.3. The van der Waals surface area contributed by atoms with Crippen LogP contribution in [-0.4, -0.2) is 43.2 Å². The highest BCUT2D eigenvalue weighted by atomic mass is 16.5. The zero-order valence-electron chi connectivity index (χ0n) is 11.8. The molecule has 3 unspecified atom stereocenters. The molecule has 104 valence electrons. The Kier molecular flexibility index (Phi) is 3.97. The minimum absolute atomic E-state index is 0.00689. The molecule has 4 nitrogen and oxygen atoms in total. The van der Waals surface area contributed by atoms with E-state index in [4.69, 9.17) is 10.5 Å². The van der Waals surface area contributed by atoms with Crippen molar-refractivity contribution in [2.45, 2.75) is 39.7 Å². The van der Waals surface area contributed by atoms with E-state index in [1.54, 1.807) is 0 Å². The molecular formula is C14H26N2O2. The Morgan fingerprint density at radius 1 is 1.28 bits per heavy atom. The molecule has 1 aliphatic heterocycles. The van der Waals surface area contributed by atoms with Crippen molar-refractivity contribution in [1.82, 2.24) is 4.90 Å². The summed E-state index contributed by atoms with van der Waals surface area (Å²) >= 11 is 0. The van der Waals surface area contributed by atoms with Gasteiger partial charge >= 0.3 is 0 Å². The molecule has 4 heteroatoms. The first-order valence-corrected chi connectivity index (χ1v) is 7.06. The summed E-state index contributed by atoms with van der Waals surface area (Å²) in [6, 6.07) is 0.230. The Balaban J connectivity index is 2.09. The highest BCUT2D eigenvalue weighted by Gasteiger charge is 2.46. The standard InChI is InChI=1S/C14H26N2O2/c1-10-12(15)5-4-11(14(10,2)3)13(17)16-6-8-18-9-7-16/h10-12H,4-9,15H2,1-3H3. The zero-order valence-corrected chi connectivity index (χ0v) is 11.8. The van der Waals surface area contributed by atoms with Gasteiger partial charge in [0.1, 0.15) is 0 Å². The molecule has 2 fully saturated rings. The van der Waals surface area contributed by atoms with Crippen molar-refractivity contribution in [2.24, 2.45) is 23.0 Å². The lowest BCUT2D eigenvalue weighted by Crippen LogP contribution is -2.54. The van der Waals surface area contributed by atoms with E-state index in [-0.39, 0.29) is 17.4 Å². The molecule has 1 saturated heterocycles. The van der Waals surface area contributed by atoms with E-state index in [2.05, 4.69) is 20.8 Å². The van der Waals surface area contributed by atoms with E-state index < -0.39 is 0 Å². The van der Waals surface area contributed by atoms with Crippen LogP contribution in [0.3, 0.4) is 0 Å². The number of hydrogen-bond acceptors (Lipinski definition) is 3. The monoisotopic (exact) mass is 254 g/mol. The van der Waals surface area contributed by atoms with Gasteiger partial charge in [0, 0.05) is 25.0 Å². The van der Waals surface area contributed by atoms with Crippen molar-refractivity contribution in [3.63, 3.8) is 0 Å². The van der Waals surface area contributed by atoms with Gasteiger partial charge in [0.2, 0.25) is 5.91 Å². The van der Waals surface area contributed by atoms with Crippen molar-refractivity contribution < 1.29 is 9.53 Å². The molecule has 2 N–H and O–H groups in total. The lowest BCUT2D eigenvalue weighted by molar-refractivity contribution is -0.147. The molecule has 0 radical (unpaired) electrons. The van der Waals surface area contributed by atoms with Crippen LogP contribution in [0.4, 0.5) is 0 Å². The molecule has 1 aliphatic carbocycles. The second-order valence-corrected chi connectivity index (χ2v) is 6.34. The average Bonchev–Trinajstić information content (AvgIpc) is 2.36. The normalized spacial score (nSPS) is 36.4. The molecular weight excluding hydrogens is 228 g/mol. The lowest BCUT2D eigenvalue weighted by Gasteiger charge is -2.47. The van der Waals surface area contributed by atoms with Crippen LogP contribution < -0.4 is 5.73 Å². The maximum Gasteiger partial charge on any atom is 0.226 e. The lowest BCUT2D eigenvalue weighted by atomic mass is 9.60. The quantitative estimate of drug-likeness (QED) is 0.766. The summed E-state index contributed by atoms with van der Waals surface area (Å²) in [6.45, 7) is 9.41. The summed E-state index contributed by atoms with van der Waals surface area (Å²) in [5, 5.41) is 0. The maximum atomic E-state index is 12.7. The van der Waals surface area contributed by atoms with Crippen molar-refractivity contribution in [3.05, 3.63) is 0 Å². The van der Waals surface area contributed by atoms with Crippen LogP contribution in [-0.2, 0) is 9.53 Å². The molecule has 1 saturated carbocycles. The summed E-state index contributed by atoms with van der Waals surface area (Å²) in [5.74, 6) is 0.814. The van der Waals surface area contributed by atoms with Crippen LogP contribution in [0.5, 0.6) is 0 Å². The first-order chi connectivity index (χ1) is 8.44. The van der Waals surface area contributed by atoms with Crippen molar-refractivity contribution >= 4 is 5.91 Å². The molecule has 0 bridgehead atoms. The fourth-order valence-electron chi connectivity index (χ4n) is 3.30. The fraction of sp³-hybridized carbons (Fsp3) is 0.929. The molecule has 2 aliphatic rings. The Morgan fingerprint density at radius 2 is 1.89 bits per heavy atom. The molecule has 3 atom stereocenters. The summed E-state index contributed by atoms with van der Waals surface area (Å²) < 4.78 is 5.31. The number of nitrogens with zero attached hydrogens (tertiary/aromatic N) is 1. The van der Waals surface area contributed by atoms with Gasteiger partial charge in [0.15, 0.2) is 0 Å². The minimum Gasteiger partial charge on any atom is -0.378 e. The average molecular weight is 254 g/mol.